The topological polar surface area (TPSA) is 12.0 Å². The first-order valence-corrected chi connectivity index (χ1v) is 7.11. The maximum absolute atomic E-state index is 3.56. The molecule has 1 rings (SSSR count). The van der Waals surface area contributed by atoms with Crippen LogP contribution in [0.25, 0.3) is 0 Å². The fourth-order valence-corrected chi connectivity index (χ4v) is 2.41. The highest BCUT2D eigenvalue weighted by atomic mass is 32.1. The Balaban J connectivity index is 2.23. The van der Waals surface area contributed by atoms with Gasteiger partial charge in [0.2, 0.25) is 0 Å². The normalized spacial score (nSPS) is 12.3. The summed E-state index contributed by atoms with van der Waals surface area (Å²) in [5.74, 6) is 0.744. The summed E-state index contributed by atoms with van der Waals surface area (Å²) >= 11 is 1.87. The molecular weight excluding hydrogens is 214 g/mol. The van der Waals surface area contributed by atoms with E-state index in [1.165, 1.54) is 17.7 Å². The van der Waals surface area contributed by atoms with Gasteiger partial charge in [-0.25, -0.2) is 0 Å². The predicted octanol–water partition coefficient (Wildman–Crippen LogP) is 3.95. The molecule has 0 radical (unpaired) electrons. The molecule has 0 atom stereocenters. The standard InChI is InChI=1S/C14H25NS/c1-12(2)10-15-11-14(3,4)8-7-13-6-5-9-16-13/h5-6,9,12,15H,7-8,10-11H2,1-4H3. The van der Waals surface area contributed by atoms with E-state index in [-0.39, 0.29) is 0 Å². The van der Waals surface area contributed by atoms with Gasteiger partial charge in [0.05, 0.1) is 0 Å². The average Bonchev–Trinajstić information content (AvgIpc) is 2.66. The van der Waals surface area contributed by atoms with Crippen molar-refractivity contribution in [2.24, 2.45) is 11.3 Å². The van der Waals surface area contributed by atoms with Gasteiger partial charge >= 0.3 is 0 Å². The molecular formula is C14H25NS. The second kappa shape index (κ2) is 6.41. The molecule has 1 aromatic heterocycles. The van der Waals surface area contributed by atoms with E-state index in [1.54, 1.807) is 0 Å². The van der Waals surface area contributed by atoms with Crippen LogP contribution in [-0.2, 0) is 6.42 Å². The number of hydrogen-bond donors (Lipinski definition) is 1. The van der Waals surface area contributed by atoms with Crippen molar-refractivity contribution in [2.75, 3.05) is 13.1 Å². The number of thiophene rings is 1. The molecule has 0 saturated carbocycles. The Labute approximate surface area is 104 Å². The zero-order chi connectivity index (χ0) is 12.0. The molecule has 0 aromatic carbocycles. The first kappa shape index (κ1) is 13.7. The van der Waals surface area contributed by atoms with Gasteiger partial charge < -0.3 is 5.32 Å². The van der Waals surface area contributed by atoms with E-state index in [0.717, 1.165) is 19.0 Å². The fourth-order valence-electron chi connectivity index (χ4n) is 1.70. The van der Waals surface area contributed by atoms with Crippen molar-refractivity contribution in [1.82, 2.24) is 5.32 Å². The van der Waals surface area contributed by atoms with Crippen LogP contribution in [0, 0.1) is 11.3 Å². The van der Waals surface area contributed by atoms with Crippen molar-refractivity contribution in [1.29, 1.82) is 0 Å². The first-order chi connectivity index (χ1) is 7.49. The number of hydrogen-bond acceptors (Lipinski definition) is 2. The molecule has 0 amide bonds. The number of nitrogens with one attached hydrogen (secondary N) is 1. The summed E-state index contributed by atoms with van der Waals surface area (Å²) in [5, 5.41) is 5.72. The van der Waals surface area contributed by atoms with Gasteiger partial charge in [-0.15, -0.1) is 11.3 Å². The van der Waals surface area contributed by atoms with E-state index >= 15 is 0 Å². The summed E-state index contributed by atoms with van der Waals surface area (Å²) in [5.41, 5.74) is 0.402. The zero-order valence-corrected chi connectivity index (χ0v) is 11.9. The molecule has 0 fully saturated rings. The minimum absolute atomic E-state index is 0.402. The van der Waals surface area contributed by atoms with Crippen LogP contribution in [0.3, 0.4) is 0 Å². The van der Waals surface area contributed by atoms with E-state index in [1.807, 2.05) is 11.3 Å². The maximum atomic E-state index is 3.56. The summed E-state index contributed by atoms with van der Waals surface area (Å²) < 4.78 is 0. The summed E-state index contributed by atoms with van der Waals surface area (Å²) in [6.07, 6.45) is 2.48. The molecule has 1 N–H and O–H groups in total. The minimum atomic E-state index is 0.402. The van der Waals surface area contributed by atoms with Crippen LogP contribution >= 0.6 is 11.3 Å². The van der Waals surface area contributed by atoms with Gasteiger partial charge in [0.1, 0.15) is 0 Å². The van der Waals surface area contributed by atoms with Crippen LogP contribution in [0.15, 0.2) is 17.5 Å². The molecule has 92 valence electrons. The Hall–Kier alpha value is -0.340. The Bertz CT molecular complexity index is 275. The van der Waals surface area contributed by atoms with Crippen LogP contribution in [0.1, 0.15) is 39.0 Å². The van der Waals surface area contributed by atoms with E-state index in [0.29, 0.717) is 5.41 Å². The van der Waals surface area contributed by atoms with Gasteiger partial charge in [-0.2, -0.15) is 0 Å². The zero-order valence-electron chi connectivity index (χ0n) is 11.0. The van der Waals surface area contributed by atoms with Gasteiger partial charge in [0, 0.05) is 11.4 Å². The Morgan fingerprint density at radius 2 is 2.12 bits per heavy atom. The number of rotatable bonds is 7. The summed E-state index contributed by atoms with van der Waals surface area (Å²) in [4.78, 5) is 1.51. The summed E-state index contributed by atoms with van der Waals surface area (Å²) in [6, 6.07) is 4.38. The fraction of sp³-hybridized carbons (Fsp3) is 0.714. The third-order valence-corrected chi connectivity index (χ3v) is 3.72. The van der Waals surface area contributed by atoms with Crippen molar-refractivity contribution < 1.29 is 0 Å². The second-order valence-corrected chi connectivity index (χ2v) is 6.80. The van der Waals surface area contributed by atoms with Gasteiger partial charge in [0.15, 0.2) is 0 Å². The Morgan fingerprint density at radius 3 is 2.69 bits per heavy atom. The average molecular weight is 239 g/mol. The number of aryl methyl sites for hydroxylation is 1. The van der Waals surface area contributed by atoms with Crippen LogP contribution in [0.2, 0.25) is 0 Å². The predicted molar refractivity (Wildman–Crippen MR) is 74.1 cm³/mol. The lowest BCUT2D eigenvalue weighted by Gasteiger charge is -2.25. The SMILES string of the molecule is CC(C)CNCC(C)(C)CCc1cccs1. The van der Waals surface area contributed by atoms with Gasteiger partial charge in [0.25, 0.3) is 0 Å². The van der Waals surface area contributed by atoms with Gasteiger partial charge in [-0.3, -0.25) is 0 Å². The highest BCUT2D eigenvalue weighted by Gasteiger charge is 2.17. The van der Waals surface area contributed by atoms with Crippen molar-refractivity contribution in [3.8, 4) is 0 Å². The molecule has 16 heavy (non-hydrogen) atoms. The van der Waals surface area contributed by atoms with E-state index in [9.17, 15) is 0 Å². The largest absolute Gasteiger partial charge is 0.316 e. The molecule has 2 heteroatoms. The Kier molecular flexibility index (Phi) is 5.50. The van der Waals surface area contributed by atoms with E-state index in [4.69, 9.17) is 0 Å². The molecule has 0 spiro atoms. The molecule has 0 aliphatic carbocycles. The van der Waals surface area contributed by atoms with Crippen LogP contribution in [-0.4, -0.2) is 13.1 Å². The third-order valence-electron chi connectivity index (χ3n) is 2.78. The third kappa shape index (κ3) is 5.66. The van der Waals surface area contributed by atoms with Crippen LogP contribution < -0.4 is 5.32 Å². The van der Waals surface area contributed by atoms with Crippen molar-refractivity contribution in [3.63, 3.8) is 0 Å². The van der Waals surface area contributed by atoms with Crippen molar-refractivity contribution >= 4 is 11.3 Å². The molecule has 0 aliphatic rings. The maximum Gasteiger partial charge on any atom is 0.00454 e. The minimum Gasteiger partial charge on any atom is -0.316 e. The summed E-state index contributed by atoms with van der Waals surface area (Å²) in [6.45, 7) is 11.5. The lowest BCUT2D eigenvalue weighted by atomic mass is 9.87. The molecule has 0 unspecified atom stereocenters. The quantitative estimate of drug-likeness (QED) is 0.759. The molecule has 1 nitrogen and oxygen atoms in total. The summed E-state index contributed by atoms with van der Waals surface area (Å²) in [7, 11) is 0. The molecule has 0 saturated heterocycles. The lowest BCUT2D eigenvalue weighted by Crippen LogP contribution is -2.32. The smallest absolute Gasteiger partial charge is 0.00454 e. The lowest BCUT2D eigenvalue weighted by molar-refractivity contribution is 0.309. The molecule has 1 heterocycles. The second-order valence-electron chi connectivity index (χ2n) is 5.77. The molecule has 0 aliphatic heterocycles. The molecule has 0 bridgehead atoms. The first-order valence-electron chi connectivity index (χ1n) is 6.23. The van der Waals surface area contributed by atoms with E-state index < -0.39 is 0 Å². The van der Waals surface area contributed by atoms with E-state index in [2.05, 4.69) is 50.5 Å². The Morgan fingerprint density at radius 1 is 1.38 bits per heavy atom. The van der Waals surface area contributed by atoms with Crippen LogP contribution in [0.5, 0.6) is 0 Å². The highest BCUT2D eigenvalue weighted by Crippen LogP contribution is 2.23. The van der Waals surface area contributed by atoms with Crippen molar-refractivity contribution in [3.05, 3.63) is 22.4 Å². The molecule has 1 aromatic rings. The van der Waals surface area contributed by atoms with Crippen molar-refractivity contribution in [2.45, 2.75) is 40.5 Å². The van der Waals surface area contributed by atoms with Crippen LogP contribution in [0.4, 0.5) is 0 Å². The van der Waals surface area contributed by atoms with Gasteiger partial charge in [-0.1, -0.05) is 33.8 Å². The highest BCUT2D eigenvalue weighted by molar-refractivity contribution is 7.09. The monoisotopic (exact) mass is 239 g/mol. The van der Waals surface area contributed by atoms with Gasteiger partial charge in [-0.05, 0) is 42.2 Å².